The summed E-state index contributed by atoms with van der Waals surface area (Å²) in [5, 5.41) is 8.47. The van der Waals surface area contributed by atoms with Crippen LogP contribution in [0.25, 0.3) is 0 Å². The van der Waals surface area contributed by atoms with Gasteiger partial charge in [0.25, 0.3) is 5.56 Å². The van der Waals surface area contributed by atoms with Gasteiger partial charge in [-0.25, -0.2) is 4.79 Å². The molecule has 0 saturated heterocycles. The topological polar surface area (TPSA) is 118 Å². The van der Waals surface area contributed by atoms with Gasteiger partial charge < -0.3 is 15.8 Å². The first-order chi connectivity index (χ1) is 6.52. The molecule has 0 fully saturated rings. The van der Waals surface area contributed by atoms with E-state index in [0.717, 1.165) is 10.6 Å². The Labute approximate surface area is 77.8 Å². The second-order valence-corrected chi connectivity index (χ2v) is 2.68. The van der Waals surface area contributed by atoms with Crippen LogP contribution in [0.5, 0.6) is 0 Å². The standard InChI is InChI=1S/C7H9N3O4/c8-4(6(12)13)3-10-5(11)1-2-9-7(10)14/h1-2,4H,3,8H2,(H,9,14)(H,12,13). The molecule has 1 heterocycles. The maximum absolute atomic E-state index is 11.1. The Morgan fingerprint density at radius 1 is 1.64 bits per heavy atom. The van der Waals surface area contributed by atoms with Gasteiger partial charge in [-0.15, -0.1) is 0 Å². The first-order valence-corrected chi connectivity index (χ1v) is 3.79. The molecule has 0 spiro atoms. The molecule has 7 heteroatoms. The summed E-state index contributed by atoms with van der Waals surface area (Å²) < 4.78 is 0.735. The molecule has 0 aromatic carbocycles. The molecule has 0 bridgehead atoms. The molecular formula is C7H9N3O4. The molecular weight excluding hydrogens is 190 g/mol. The summed E-state index contributed by atoms with van der Waals surface area (Å²) in [6.07, 6.45) is 1.19. The number of nitrogens with one attached hydrogen (secondary N) is 1. The minimum Gasteiger partial charge on any atom is -0.480 e. The van der Waals surface area contributed by atoms with E-state index in [0.29, 0.717) is 0 Å². The third-order valence-corrected chi connectivity index (χ3v) is 1.64. The minimum atomic E-state index is -1.27. The van der Waals surface area contributed by atoms with E-state index in [9.17, 15) is 14.4 Å². The number of carboxylic acids is 1. The van der Waals surface area contributed by atoms with Crippen molar-refractivity contribution in [3.05, 3.63) is 33.1 Å². The number of rotatable bonds is 3. The average Bonchev–Trinajstić information content (AvgIpc) is 2.11. The highest BCUT2D eigenvalue weighted by molar-refractivity contribution is 5.72. The average molecular weight is 199 g/mol. The summed E-state index contributed by atoms with van der Waals surface area (Å²) in [6, 6.07) is -0.146. The Morgan fingerprint density at radius 3 is 2.79 bits per heavy atom. The van der Waals surface area contributed by atoms with Crippen LogP contribution in [0.1, 0.15) is 0 Å². The summed E-state index contributed by atoms with van der Waals surface area (Å²) in [7, 11) is 0. The second kappa shape index (κ2) is 3.88. The van der Waals surface area contributed by atoms with E-state index in [1.54, 1.807) is 0 Å². The van der Waals surface area contributed by atoms with E-state index in [1.165, 1.54) is 6.20 Å². The molecule has 1 aromatic heterocycles. The molecule has 1 aromatic rings. The summed E-state index contributed by atoms with van der Waals surface area (Å²) >= 11 is 0. The lowest BCUT2D eigenvalue weighted by atomic mass is 10.3. The molecule has 0 aliphatic rings. The van der Waals surface area contributed by atoms with Gasteiger partial charge in [-0.1, -0.05) is 0 Å². The van der Waals surface area contributed by atoms with Crippen LogP contribution in [0.4, 0.5) is 0 Å². The van der Waals surface area contributed by atoms with Gasteiger partial charge in [-0.2, -0.15) is 0 Å². The molecule has 0 aliphatic carbocycles. The summed E-state index contributed by atoms with van der Waals surface area (Å²) in [6.45, 7) is -0.343. The molecule has 1 unspecified atom stereocenters. The first-order valence-electron chi connectivity index (χ1n) is 3.79. The Morgan fingerprint density at radius 2 is 2.29 bits per heavy atom. The molecule has 0 amide bonds. The van der Waals surface area contributed by atoms with Crippen molar-refractivity contribution in [3.8, 4) is 0 Å². The van der Waals surface area contributed by atoms with E-state index in [-0.39, 0.29) is 6.54 Å². The largest absolute Gasteiger partial charge is 0.480 e. The highest BCUT2D eigenvalue weighted by Gasteiger charge is 2.13. The number of hydrogen-bond acceptors (Lipinski definition) is 4. The van der Waals surface area contributed by atoms with Crippen molar-refractivity contribution in [2.75, 3.05) is 0 Å². The SMILES string of the molecule is NC(Cn1c(=O)cc[nH]c1=O)C(=O)O. The number of nitrogens with two attached hydrogens (primary N) is 1. The molecule has 4 N–H and O–H groups in total. The molecule has 14 heavy (non-hydrogen) atoms. The van der Waals surface area contributed by atoms with Crippen LogP contribution in [0, 0.1) is 0 Å². The van der Waals surface area contributed by atoms with E-state index in [2.05, 4.69) is 4.98 Å². The molecule has 1 atom stereocenters. The number of aromatic amines is 1. The quantitative estimate of drug-likeness (QED) is 0.517. The minimum absolute atomic E-state index is 0.343. The number of aromatic nitrogens is 2. The number of carbonyl (C=O) groups is 1. The summed E-state index contributed by atoms with van der Waals surface area (Å²) in [4.78, 5) is 34.8. The van der Waals surface area contributed by atoms with Crippen molar-refractivity contribution in [2.45, 2.75) is 12.6 Å². The van der Waals surface area contributed by atoms with Crippen molar-refractivity contribution in [1.29, 1.82) is 0 Å². The van der Waals surface area contributed by atoms with Crippen LogP contribution in [0.3, 0.4) is 0 Å². The predicted molar refractivity (Wildman–Crippen MR) is 46.9 cm³/mol. The van der Waals surface area contributed by atoms with Gasteiger partial charge >= 0.3 is 11.7 Å². The number of nitrogens with zero attached hydrogens (tertiary/aromatic N) is 1. The van der Waals surface area contributed by atoms with Gasteiger partial charge in [0.1, 0.15) is 6.04 Å². The zero-order valence-corrected chi connectivity index (χ0v) is 7.14. The third-order valence-electron chi connectivity index (χ3n) is 1.64. The van der Waals surface area contributed by atoms with Crippen molar-refractivity contribution in [3.63, 3.8) is 0 Å². The van der Waals surface area contributed by atoms with Gasteiger partial charge in [0.05, 0.1) is 6.54 Å². The normalized spacial score (nSPS) is 12.4. The van der Waals surface area contributed by atoms with E-state index < -0.39 is 23.3 Å². The highest BCUT2D eigenvalue weighted by Crippen LogP contribution is 1.81. The Hall–Kier alpha value is -1.89. The molecule has 7 nitrogen and oxygen atoms in total. The maximum Gasteiger partial charge on any atom is 0.328 e. The predicted octanol–water partition coefficient (Wildman–Crippen LogP) is -2.05. The Balaban J connectivity index is 3.03. The Kier molecular flexibility index (Phi) is 2.82. The van der Waals surface area contributed by atoms with E-state index >= 15 is 0 Å². The van der Waals surface area contributed by atoms with Crippen LogP contribution in [0.15, 0.2) is 21.9 Å². The van der Waals surface area contributed by atoms with Crippen molar-refractivity contribution < 1.29 is 9.90 Å². The fourth-order valence-electron chi connectivity index (χ4n) is 0.900. The third kappa shape index (κ3) is 2.07. The van der Waals surface area contributed by atoms with Crippen molar-refractivity contribution in [2.24, 2.45) is 5.73 Å². The van der Waals surface area contributed by atoms with E-state index in [1.807, 2.05) is 0 Å². The number of hydrogen-bond donors (Lipinski definition) is 3. The fourth-order valence-corrected chi connectivity index (χ4v) is 0.900. The highest BCUT2D eigenvalue weighted by atomic mass is 16.4. The maximum atomic E-state index is 11.1. The van der Waals surface area contributed by atoms with Gasteiger partial charge in [-0.3, -0.25) is 14.2 Å². The zero-order chi connectivity index (χ0) is 10.7. The fraction of sp³-hybridized carbons (Fsp3) is 0.286. The monoisotopic (exact) mass is 199 g/mol. The summed E-state index contributed by atoms with van der Waals surface area (Å²) in [5.74, 6) is -1.26. The first kappa shape index (κ1) is 10.2. The summed E-state index contributed by atoms with van der Waals surface area (Å²) in [5.41, 5.74) is 3.92. The van der Waals surface area contributed by atoms with Gasteiger partial charge in [0.15, 0.2) is 0 Å². The zero-order valence-electron chi connectivity index (χ0n) is 7.14. The van der Waals surface area contributed by atoms with Gasteiger partial charge in [-0.05, 0) is 0 Å². The number of H-pyrrole nitrogens is 1. The van der Waals surface area contributed by atoms with Crippen molar-refractivity contribution in [1.82, 2.24) is 9.55 Å². The molecule has 0 saturated carbocycles. The van der Waals surface area contributed by atoms with Crippen LogP contribution < -0.4 is 17.0 Å². The van der Waals surface area contributed by atoms with Crippen molar-refractivity contribution >= 4 is 5.97 Å². The molecule has 76 valence electrons. The molecule has 0 aliphatic heterocycles. The second-order valence-electron chi connectivity index (χ2n) is 2.68. The number of aliphatic carboxylic acids is 1. The molecule has 0 radical (unpaired) electrons. The van der Waals surface area contributed by atoms with Crippen LogP contribution in [-0.4, -0.2) is 26.7 Å². The smallest absolute Gasteiger partial charge is 0.328 e. The van der Waals surface area contributed by atoms with Gasteiger partial charge in [0, 0.05) is 12.3 Å². The van der Waals surface area contributed by atoms with Crippen LogP contribution in [-0.2, 0) is 11.3 Å². The Bertz CT molecular complexity index is 418. The lowest BCUT2D eigenvalue weighted by Gasteiger charge is -2.06. The van der Waals surface area contributed by atoms with Crippen LogP contribution >= 0.6 is 0 Å². The number of carboxylic acid groups (broad SMARTS) is 1. The van der Waals surface area contributed by atoms with E-state index in [4.69, 9.17) is 10.8 Å². The van der Waals surface area contributed by atoms with Gasteiger partial charge in [0.2, 0.25) is 0 Å². The van der Waals surface area contributed by atoms with Crippen LogP contribution in [0.2, 0.25) is 0 Å². The lowest BCUT2D eigenvalue weighted by molar-refractivity contribution is -0.138. The molecule has 1 rings (SSSR count). The lowest BCUT2D eigenvalue weighted by Crippen LogP contribution is -2.43.